The van der Waals surface area contributed by atoms with Crippen molar-refractivity contribution in [3.63, 3.8) is 0 Å². The second kappa shape index (κ2) is 22.4. The van der Waals surface area contributed by atoms with E-state index in [-0.39, 0.29) is 43.1 Å². The van der Waals surface area contributed by atoms with Gasteiger partial charge in [0.25, 0.3) is 5.91 Å². The molecule has 2 rings (SSSR count). The molecule has 0 bridgehead atoms. The van der Waals surface area contributed by atoms with Gasteiger partial charge < -0.3 is 52.6 Å². The van der Waals surface area contributed by atoms with E-state index >= 15 is 0 Å². The summed E-state index contributed by atoms with van der Waals surface area (Å²) in [5.41, 5.74) is 12.5. The Labute approximate surface area is 288 Å². The number of rotatable bonds is 21. The van der Waals surface area contributed by atoms with Gasteiger partial charge in [0.1, 0.15) is 6.04 Å². The number of amides is 5. The van der Waals surface area contributed by atoms with Crippen molar-refractivity contribution in [2.45, 2.75) is 82.7 Å². The van der Waals surface area contributed by atoms with E-state index in [2.05, 4.69) is 26.3 Å². The van der Waals surface area contributed by atoms with Crippen molar-refractivity contribution in [2.24, 2.45) is 16.5 Å². The van der Waals surface area contributed by atoms with E-state index in [1.807, 2.05) is 0 Å². The van der Waals surface area contributed by atoms with Crippen LogP contribution in [-0.4, -0.2) is 121 Å². The van der Waals surface area contributed by atoms with Crippen LogP contribution in [0.15, 0.2) is 29.3 Å². The summed E-state index contributed by atoms with van der Waals surface area (Å²) < 4.78 is 0. The molecule has 49 heavy (non-hydrogen) atoms. The van der Waals surface area contributed by atoms with Gasteiger partial charge in [0.15, 0.2) is 5.96 Å². The molecule has 16 nitrogen and oxygen atoms in total. The molecule has 0 aliphatic carbocycles. The minimum absolute atomic E-state index is 0.153. The van der Waals surface area contributed by atoms with Gasteiger partial charge in [-0.25, -0.2) is 0 Å². The maximum atomic E-state index is 12.9. The molecule has 0 aromatic heterocycles. The van der Waals surface area contributed by atoms with Crippen LogP contribution in [0, 0.1) is 0 Å². The van der Waals surface area contributed by atoms with Crippen molar-refractivity contribution in [1.82, 2.24) is 31.1 Å². The minimum Gasteiger partial charge on any atom is -0.426 e. The second-order valence-corrected chi connectivity index (χ2v) is 12.3. The molecule has 1 aliphatic rings. The van der Waals surface area contributed by atoms with Crippen LogP contribution in [0.3, 0.4) is 0 Å². The van der Waals surface area contributed by atoms with E-state index in [1.165, 1.54) is 4.90 Å². The number of hydrogen-bond acceptors (Lipinski definition) is 9. The van der Waals surface area contributed by atoms with Crippen LogP contribution in [0.5, 0.6) is 0 Å². The van der Waals surface area contributed by atoms with Gasteiger partial charge in [-0.3, -0.25) is 29.0 Å². The summed E-state index contributed by atoms with van der Waals surface area (Å²) in [7, 11) is 1.96. The third-order valence-corrected chi connectivity index (χ3v) is 8.09. The fourth-order valence-electron chi connectivity index (χ4n) is 5.18. The number of nitrogens with one attached hydrogen (secondary N) is 4. The smallest absolute Gasteiger partial charge is 0.426 e. The van der Waals surface area contributed by atoms with Crippen LogP contribution in [0.2, 0.25) is 0 Å². The number of aliphatic imine (C=N–C) groups is 1. The Hall–Kier alpha value is -4.22. The molecule has 5 amide bonds. The summed E-state index contributed by atoms with van der Waals surface area (Å²) in [6.07, 6.45) is 5.19. The molecule has 0 spiro atoms. The summed E-state index contributed by atoms with van der Waals surface area (Å²) in [6, 6.07) is 5.92. The molecular weight excluding hydrogens is 633 g/mol. The molecule has 1 fully saturated rings. The van der Waals surface area contributed by atoms with E-state index in [0.29, 0.717) is 89.1 Å². The Morgan fingerprint density at radius 2 is 1.67 bits per heavy atom. The highest BCUT2D eigenvalue weighted by Gasteiger charge is 2.36. The minimum atomic E-state index is -1.62. The Morgan fingerprint density at radius 1 is 0.980 bits per heavy atom. The summed E-state index contributed by atoms with van der Waals surface area (Å²) >= 11 is 0. The molecule has 1 aromatic carbocycles. The maximum absolute atomic E-state index is 12.9. The van der Waals surface area contributed by atoms with Crippen molar-refractivity contribution in [3.8, 4) is 0 Å². The zero-order chi connectivity index (χ0) is 36.2. The lowest BCUT2D eigenvalue weighted by atomic mass is 9.78. The van der Waals surface area contributed by atoms with Crippen molar-refractivity contribution in [2.75, 3.05) is 46.8 Å². The summed E-state index contributed by atoms with van der Waals surface area (Å²) in [6.45, 7) is 1.71. The topological polar surface area (TPSA) is 245 Å². The van der Waals surface area contributed by atoms with Crippen molar-refractivity contribution >= 4 is 42.6 Å². The lowest BCUT2D eigenvalue weighted by molar-refractivity contribution is -0.130. The highest BCUT2D eigenvalue weighted by Crippen LogP contribution is 2.18. The highest BCUT2D eigenvalue weighted by atomic mass is 16.4. The second-order valence-electron chi connectivity index (χ2n) is 12.3. The molecule has 0 radical (unpaired) electrons. The number of likely N-dealkylation sites (tertiary alicyclic amines) is 1. The number of carbonyl (C=O) groups is 5. The van der Waals surface area contributed by atoms with Gasteiger partial charge in [0.2, 0.25) is 23.6 Å². The predicted octanol–water partition coefficient (Wildman–Crippen LogP) is -1.41. The fourth-order valence-corrected chi connectivity index (χ4v) is 5.18. The van der Waals surface area contributed by atoms with Gasteiger partial charge in [-0.05, 0) is 75.6 Å². The molecule has 2 atom stereocenters. The van der Waals surface area contributed by atoms with Crippen LogP contribution >= 0.6 is 0 Å². The largest absolute Gasteiger partial charge is 0.475 e. The fraction of sp³-hybridized carbons (Fsp3) is 0.625. The van der Waals surface area contributed by atoms with Gasteiger partial charge in [-0.15, -0.1) is 0 Å². The zero-order valence-electron chi connectivity index (χ0n) is 28.8. The molecule has 1 aliphatic heterocycles. The van der Waals surface area contributed by atoms with Crippen molar-refractivity contribution < 1.29 is 34.0 Å². The van der Waals surface area contributed by atoms with E-state index in [4.69, 9.17) is 11.5 Å². The molecule has 17 heteroatoms. The van der Waals surface area contributed by atoms with Crippen LogP contribution in [0.4, 0.5) is 0 Å². The van der Waals surface area contributed by atoms with Gasteiger partial charge in [-0.2, -0.15) is 0 Å². The molecule has 1 heterocycles. The standard InChI is InChI=1S/C32H54BN9O7/c1-41(2)32(35)37-19-7-9-25(40-28(44)12-3-5-17-34)31(47)36-18-6-4-11-27(43)38-21-23-13-15-24(16-14-23)30(46)39-22-29(45)42-20-8-10-26(42)33(48)49/h13-16,25-26,48-49H,3-12,17-22,34H2,1-2H3,(H2,35,37)(H,36,47)(H,38,43)(H,39,46)(H,40,44)/t25-,26?/m0/s1. The van der Waals surface area contributed by atoms with E-state index < -0.39 is 25.0 Å². The van der Waals surface area contributed by atoms with Gasteiger partial charge in [0, 0.05) is 58.7 Å². The molecular formula is C32H54BN9O7. The summed E-state index contributed by atoms with van der Waals surface area (Å²) in [5, 5.41) is 30.0. The maximum Gasteiger partial charge on any atom is 0.475 e. The van der Waals surface area contributed by atoms with E-state index in [0.717, 1.165) is 12.0 Å². The first kappa shape index (κ1) is 41.0. The molecule has 0 saturated carbocycles. The summed E-state index contributed by atoms with van der Waals surface area (Å²) in [5.74, 6) is -1.73. The molecule has 1 saturated heterocycles. The predicted molar refractivity (Wildman–Crippen MR) is 187 cm³/mol. The Kier molecular flexibility index (Phi) is 18.7. The normalized spacial score (nSPS) is 14.9. The average Bonchev–Trinajstić information content (AvgIpc) is 3.58. The first-order valence-corrected chi connectivity index (χ1v) is 17.0. The number of carbonyl (C=O) groups excluding carboxylic acids is 5. The summed E-state index contributed by atoms with van der Waals surface area (Å²) in [4.78, 5) is 69.9. The van der Waals surface area contributed by atoms with Crippen LogP contribution in [0.1, 0.15) is 80.1 Å². The highest BCUT2D eigenvalue weighted by molar-refractivity contribution is 6.43. The number of unbranched alkanes of at least 4 members (excludes halogenated alkanes) is 2. The Bertz CT molecular complexity index is 1250. The van der Waals surface area contributed by atoms with Crippen LogP contribution in [-0.2, 0) is 25.7 Å². The lowest BCUT2D eigenvalue weighted by Crippen LogP contribution is -2.48. The van der Waals surface area contributed by atoms with E-state index in [9.17, 15) is 34.0 Å². The quantitative estimate of drug-likeness (QED) is 0.0325. The van der Waals surface area contributed by atoms with Crippen molar-refractivity contribution in [3.05, 3.63) is 35.4 Å². The molecule has 272 valence electrons. The lowest BCUT2D eigenvalue weighted by Gasteiger charge is -2.24. The van der Waals surface area contributed by atoms with Crippen LogP contribution < -0.4 is 32.7 Å². The van der Waals surface area contributed by atoms with Crippen molar-refractivity contribution in [1.29, 1.82) is 0 Å². The number of guanidine groups is 1. The van der Waals surface area contributed by atoms with Gasteiger partial charge >= 0.3 is 7.12 Å². The monoisotopic (exact) mass is 687 g/mol. The molecule has 1 aromatic rings. The SMILES string of the molecule is CN(C)C(N)=NCCC[C@H](NC(=O)CCCCN)C(=O)NCCCCC(=O)NCc1ccc(C(=O)NCC(=O)N2CCCC2B(O)O)cc1. The first-order valence-electron chi connectivity index (χ1n) is 17.0. The van der Waals surface area contributed by atoms with E-state index in [1.54, 1.807) is 43.3 Å². The van der Waals surface area contributed by atoms with Crippen LogP contribution in [0.25, 0.3) is 0 Å². The van der Waals surface area contributed by atoms with Gasteiger partial charge in [0.05, 0.1) is 12.5 Å². The first-order chi connectivity index (χ1) is 23.4. The molecule has 10 N–H and O–H groups in total. The number of nitrogens with two attached hydrogens (primary N) is 2. The third-order valence-electron chi connectivity index (χ3n) is 8.09. The zero-order valence-corrected chi connectivity index (χ0v) is 28.8. The average molecular weight is 688 g/mol. The Balaban J connectivity index is 1.69. The third kappa shape index (κ3) is 15.7. The Morgan fingerprint density at radius 3 is 2.35 bits per heavy atom. The van der Waals surface area contributed by atoms with Gasteiger partial charge in [-0.1, -0.05) is 12.1 Å². The molecule has 1 unspecified atom stereocenters. The number of nitrogens with zero attached hydrogens (tertiary/aromatic N) is 3. The number of hydrogen-bond donors (Lipinski definition) is 8. The number of benzene rings is 1.